The lowest BCUT2D eigenvalue weighted by Crippen LogP contribution is -2.39. The number of nitrogens with zero attached hydrogens (tertiary/aromatic N) is 3. The van der Waals surface area contributed by atoms with Crippen LogP contribution >= 0.6 is 0 Å². The van der Waals surface area contributed by atoms with Crippen LogP contribution in [0.4, 0.5) is 4.79 Å². The number of carbonyl (C=O) groups is 1. The predicted octanol–water partition coefficient (Wildman–Crippen LogP) is 1.69. The number of hydrogen-bond donors (Lipinski definition) is 2. The second-order valence-electron chi connectivity index (χ2n) is 5.82. The number of aliphatic hydroxyl groups is 1. The molecule has 124 valence electrons. The molecular weight excluding hydrogens is 296 g/mol. The second kappa shape index (κ2) is 6.87. The fourth-order valence-corrected chi connectivity index (χ4v) is 3.02. The van der Waals surface area contributed by atoms with E-state index < -0.39 is 0 Å². The molecule has 3 rings (SSSR count). The van der Waals surface area contributed by atoms with Crippen LogP contribution in [0.25, 0.3) is 0 Å². The van der Waals surface area contributed by atoms with Gasteiger partial charge in [-0.1, -0.05) is 0 Å². The van der Waals surface area contributed by atoms with E-state index in [0.717, 1.165) is 36.3 Å². The molecule has 0 saturated carbocycles. The predicted molar refractivity (Wildman–Crippen MR) is 83.7 cm³/mol. The highest BCUT2D eigenvalue weighted by molar-refractivity contribution is 5.74. The number of amides is 2. The second-order valence-corrected chi connectivity index (χ2v) is 5.82. The molecule has 1 atom stereocenters. The molecule has 1 aliphatic rings. The summed E-state index contributed by atoms with van der Waals surface area (Å²) in [5.41, 5.74) is 2.17. The number of carbonyl (C=O) groups excluding carboxylic acids is 1. The van der Waals surface area contributed by atoms with Crippen molar-refractivity contribution >= 4 is 6.03 Å². The van der Waals surface area contributed by atoms with E-state index in [4.69, 9.17) is 9.52 Å². The molecule has 7 heteroatoms. The standard InChI is InChI=1S/C16H22N4O3/c1-19(11-12-4-3-9-23-12)16(22)18-14-5-2-6-15-13(14)10-17-20(15)7-8-21/h3-4,9-10,14,21H,2,5-8,11H2,1H3,(H,18,22)/t14-/m0/s1. The van der Waals surface area contributed by atoms with Crippen molar-refractivity contribution in [1.82, 2.24) is 20.0 Å². The Bertz CT molecular complexity index is 650. The van der Waals surface area contributed by atoms with Crippen molar-refractivity contribution in [2.24, 2.45) is 0 Å². The molecule has 2 heterocycles. The number of aliphatic hydroxyl groups excluding tert-OH is 1. The summed E-state index contributed by atoms with van der Waals surface area (Å²) in [5.74, 6) is 0.753. The van der Waals surface area contributed by atoms with E-state index in [1.165, 1.54) is 0 Å². The summed E-state index contributed by atoms with van der Waals surface area (Å²) in [6.07, 6.45) is 6.24. The summed E-state index contributed by atoms with van der Waals surface area (Å²) in [7, 11) is 1.75. The van der Waals surface area contributed by atoms with Crippen molar-refractivity contribution in [2.75, 3.05) is 13.7 Å². The summed E-state index contributed by atoms with van der Waals surface area (Å²) < 4.78 is 7.11. The fraction of sp³-hybridized carbons (Fsp3) is 0.500. The van der Waals surface area contributed by atoms with Crippen molar-refractivity contribution in [3.63, 3.8) is 0 Å². The molecule has 0 spiro atoms. The maximum atomic E-state index is 12.4. The zero-order chi connectivity index (χ0) is 16.2. The molecule has 2 amide bonds. The summed E-state index contributed by atoms with van der Waals surface area (Å²) in [6.45, 7) is 0.994. The lowest BCUT2D eigenvalue weighted by Gasteiger charge is -2.26. The Morgan fingerprint density at radius 2 is 2.48 bits per heavy atom. The Balaban J connectivity index is 1.65. The monoisotopic (exact) mass is 318 g/mol. The third-order valence-corrected chi connectivity index (χ3v) is 4.19. The van der Waals surface area contributed by atoms with Gasteiger partial charge in [0.2, 0.25) is 0 Å². The lowest BCUT2D eigenvalue weighted by molar-refractivity contribution is 0.197. The van der Waals surface area contributed by atoms with E-state index >= 15 is 0 Å². The maximum Gasteiger partial charge on any atom is 0.318 e. The van der Waals surface area contributed by atoms with Gasteiger partial charge in [-0.3, -0.25) is 4.68 Å². The average molecular weight is 318 g/mol. The van der Waals surface area contributed by atoms with Crippen LogP contribution in [0.2, 0.25) is 0 Å². The van der Waals surface area contributed by atoms with Crippen LogP contribution in [0.15, 0.2) is 29.0 Å². The molecule has 2 N–H and O–H groups in total. The first-order chi connectivity index (χ1) is 11.2. The van der Waals surface area contributed by atoms with Gasteiger partial charge in [0, 0.05) is 18.3 Å². The first-order valence-corrected chi connectivity index (χ1v) is 7.88. The van der Waals surface area contributed by atoms with Gasteiger partial charge in [0.15, 0.2) is 0 Å². The molecule has 7 nitrogen and oxygen atoms in total. The van der Waals surface area contributed by atoms with Crippen LogP contribution < -0.4 is 5.32 Å². The minimum Gasteiger partial charge on any atom is -0.467 e. The number of fused-ring (bicyclic) bond motifs is 1. The molecule has 0 radical (unpaired) electrons. The highest BCUT2D eigenvalue weighted by Crippen LogP contribution is 2.29. The topological polar surface area (TPSA) is 83.5 Å². The van der Waals surface area contributed by atoms with Crippen molar-refractivity contribution in [2.45, 2.75) is 38.4 Å². The van der Waals surface area contributed by atoms with Gasteiger partial charge in [0.1, 0.15) is 5.76 Å². The van der Waals surface area contributed by atoms with E-state index in [1.807, 2.05) is 23.0 Å². The van der Waals surface area contributed by atoms with Gasteiger partial charge in [-0.2, -0.15) is 5.10 Å². The maximum absolute atomic E-state index is 12.4. The summed E-state index contributed by atoms with van der Waals surface area (Å²) in [6, 6.07) is 3.50. The smallest absolute Gasteiger partial charge is 0.318 e. The van der Waals surface area contributed by atoms with Gasteiger partial charge in [-0.15, -0.1) is 0 Å². The minimum absolute atomic E-state index is 0.0299. The van der Waals surface area contributed by atoms with E-state index in [0.29, 0.717) is 13.1 Å². The average Bonchev–Trinajstić information content (AvgIpc) is 3.18. The molecule has 2 aromatic rings. The number of furan rings is 1. The Labute approximate surface area is 134 Å². The third-order valence-electron chi connectivity index (χ3n) is 4.19. The molecule has 0 aliphatic heterocycles. The number of nitrogens with one attached hydrogen (secondary N) is 1. The SMILES string of the molecule is CN(Cc1ccco1)C(=O)N[C@H]1CCCc2c1cnn2CCO. The first-order valence-electron chi connectivity index (χ1n) is 7.88. The largest absolute Gasteiger partial charge is 0.467 e. The first kappa shape index (κ1) is 15.6. The molecule has 0 bridgehead atoms. The highest BCUT2D eigenvalue weighted by atomic mass is 16.3. The molecule has 2 aromatic heterocycles. The van der Waals surface area contributed by atoms with Gasteiger partial charge < -0.3 is 19.7 Å². The summed E-state index contributed by atoms with van der Waals surface area (Å²) in [5, 5.41) is 16.5. The quantitative estimate of drug-likeness (QED) is 0.879. The van der Waals surface area contributed by atoms with Crippen molar-refractivity contribution in [3.05, 3.63) is 41.6 Å². The zero-order valence-electron chi connectivity index (χ0n) is 13.2. The van der Waals surface area contributed by atoms with E-state index in [9.17, 15) is 4.79 Å². The molecule has 0 aromatic carbocycles. The molecule has 1 aliphatic carbocycles. The number of aromatic nitrogens is 2. The van der Waals surface area contributed by atoms with Crippen LogP contribution in [0.1, 0.15) is 35.9 Å². The van der Waals surface area contributed by atoms with Crippen LogP contribution in [-0.2, 0) is 19.5 Å². The van der Waals surface area contributed by atoms with Crippen molar-refractivity contribution in [1.29, 1.82) is 0 Å². The number of urea groups is 1. The fourth-order valence-electron chi connectivity index (χ4n) is 3.02. The molecule has 0 unspecified atom stereocenters. The normalized spacial score (nSPS) is 16.9. The van der Waals surface area contributed by atoms with E-state index in [1.54, 1.807) is 18.2 Å². The molecule has 23 heavy (non-hydrogen) atoms. The van der Waals surface area contributed by atoms with Crippen LogP contribution in [0, 0.1) is 0 Å². The molecular formula is C16H22N4O3. The van der Waals surface area contributed by atoms with Crippen LogP contribution in [0.3, 0.4) is 0 Å². The minimum atomic E-state index is -0.130. The highest BCUT2D eigenvalue weighted by Gasteiger charge is 2.26. The summed E-state index contributed by atoms with van der Waals surface area (Å²) >= 11 is 0. The van der Waals surface area contributed by atoms with E-state index in [-0.39, 0.29) is 18.7 Å². The molecule has 0 fully saturated rings. The van der Waals surface area contributed by atoms with E-state index in [2.05, 4.69) is 10.4 Å². The summed E-state index contributed by atoms with van der Waals surface area (Å²) in [4.78, 5) is 14.0. The van der Waals surface area contributed by atoms with Gasteiger partial charge in [0.05, 0.1) is 38.2 Å². The van der Waals surface area contributed by atoms with Gasteiger partial charge in [0.25, 0.3) is 0 Å². The van der Waals surface area contributed by atoms with Crippen molar-refractivity contribution in [3.8, 4) is 0 Å². The lowest BCUT2D eigenvalue weighted by atomic mass is 9.93. The third kappa shape index (κ3) is 3.39. The zero-order valence-corrected chi connectivity index (χ0v) is 13.2. The van der Waals surface area contributed by atoms with Gasteiger partial charge in [-0.25, -0.2) is 4.79 Å². The Hall–Kier alpha value is -2.28. The Morgan fingerprint density at radius 3 is 3.22 bits per heavy atom. The Morgan fingerprint density at radius 1 is 1.61 bits per heavy atom. The number of hydrogen-bond acceptors (Lipinski definition) is 4. The Kier molecular flexibility index (Phi) is 4.66. The van der Waals surface area contributed by atoms with Crippen molar-refractivity contribution < 1.29 is 14.3 Å². The number of rotatable bonds is 5. The van der Waals surface area contributed by atoms with Crippen LogP contribution in [0.5, 0.6) is 0 Å². The molecule has 0 saturated heterocycles. The van der Waals surface area contributed by atoms with Gasteiger partial charge in [-0.05, 0) is 31.4 Å². The van der Waals surface area contributed by atoms with Gasteiger partial charge >= 0.3 is 6.03 Å². The van der Waals surface area contributed by atoms with Crippen LogP contribution in [-0.4, -0.2) is 39.5 Å².